The monoisotopic (exact) mass is 974 g/mol. The third kappa shape index (κ3) is 16.2. The minimum Gasteiger partial charge on any atom is -0.379 e. The minimum atomic E-state index is -0.639. The number of amides is 10. The van der Waals surface area contributed by atoms with Gasteiger partial charge in [0.25, 0.3) is 0 Å². The predicted molar refractivity (Wildman–Crippen MR) is 252 cm³/mol. The molecule has 0 aromatic heterocycles. The van der Waals surface area contributed by atoms with Crippen LogP contribution in [0.2, 0.25) is 0 Å². The van der Waals surface area contributed by atoms with Crippen molar-refractivity contribution in [1.29, 1.82) is 0 Å². The molecule has 4 aliphatic heterocycles. The van der Waals surface area contributed by atoms with Gasteiger partial charge in [-0.05, 0) is 48.2 Å². The molecule has 0 bridgehead atoms. The van der Waals surface area contributed by atoms with E-state index in [1.165, 1.54) is 19.6 Å². The molecule has 4 heterocycles. The Kier molecular flexibility index (Phi) is 20.9. The first kappa shape index (κ1) is 54.7. The summed E-state index contributed by atoms with van der Waals surface area (Å²) in [5.41, 5.74) is 2.57. The van der Waals surface area contributed by atoms with Gasteiger partial charge < -0.3 is 29.6 Å². The minimum absolute atomic E-state index is 0.109. The summed E-state index contributed by atoms with van der Waals surface area (Å²) >= 11 is 0. The number of hydrogen-bond acceptors (Lipinski definition) is 14. The summed E-state index contributed by atoms with van der Waals surface area (Å²) in [6.45, 7) is 10.7. The first-order valence-electron chi connectivity index (χ1n) is 23.9. The first-order valence-corrected chi connectivity index (χ1v) is 23.9. The van der Waals surface area contributed by atoms with Crippen molar-refractivity contribution < 1.29 is 66.9 Å². The Morgan fingerprint density at radius 2 is 0.914 bits per heavy atom. The summed E-state index contributed by atoms with van der Waals surface area (Å²) in [5, 5.41) is 5.59. The van der Waals surface area contributed by atoms with Crippen LogP contribution in [0.15, 0.2) is 48.5 Å². The van der Waals surface area contributed by atoms with Crippen molar-refractivity contribution in [3.8, 4) is 0 Å². The third-order valence-corrected chi connectivity index (χ3v) is 12.4. The molecule has 10 amide bonds. The fraction of sp³-hybridized carbons (Fsp3) is 0.560. The van der Waals surface area contributed by atoms with Crippen LogP contribution in [0.5, 0.6) is 0 Å². The van der Waals surface area contributed by atoms with Crippen LogP contribution in [-0.4, -0.2) is 158 Å². The van der Waals surface area contributed by atoms with E-state index < -0.39 is 5.41 Å². The highest BCUT2D eigenvalue weighted by Crippen LogP contribution is 2.31. The van der Waals surface area contributed by atoms with Crippen LogP contribution in [0.25, 0.3) is 0 Å². The van der Waals surface area contributed by atoms with Crippen molar-refractivity contribution in [2.24, 2.45) is 17.3 Å². The number of carbonyl (C=O) groups excluding carboxylic acids is 10. The second-order valence-corrected chi connectivity index (χ2v) is 18.1. The smallest absolute Gasteiger partial charge is 0.235 e. The second-order valence-electron chi connectivity index (χ2n) is 18.1. The van der Waals surface area contributed by atoms with Gasteiger partial charge in [0.1, 0.15) is 0 Å². The number of ether oxygens (including phenoxy) is 4. The van der Waals surface area contributed by atoms with Gasteiger partial charge in [-0.1, -0.05) is 52.0 Å². The molecule has 4 aliphatic rings. The summed E-state index contributed by atoms with van der Waals surface area (Å²) in [6.07, 6.45) is 3.14. The Bertz CT molecular complexity index is 2080. The van der Waals surface area contributed by atoms with Gasteiger partial charge in [0, 0.05) is 68.4 Å². The zero-order chi connectivity index (χ0) is 50.8. The van der Waals surface area contributed by atoms with Crippen LogP contribution in [-0.2, 0) is 79.7 Å². The number of nitrogens with one attached hydrogen (secondary N) is 2. The lowest BCUT2D eigenvalue weighted by molar-refractivity contribution is -0.153. The molecule has 2 aromatic carbocycles. The Balaban J connectivity index is 0.000000261. The number of nitrogens with zero attached hydrogens (tertiary/aromatic N) is 4. The number of rotatable bonds is 26. The summed E-state index contributed by atoms with van der Waals surface area (Å²) in [7, 11) is 0. The van der Waals surface area contributed by atoms with E-state index in [4.69, 9.17) is 18.9 Å². The predicted octanol–water partition coefficient (Wildman–Crippen LogP) is 2.91. The van der Waals surface area contributed by atoms with E-state index in [2.05, 4.69) is 10.6 Å². The topological polar surface area (TPSA) is 245 Å². The van der Waals surface area contributed by atoms with Gasteiger partial charge in [0.05, 0.1) is 84.2 Å². The molecule has 2 unspecified atom stereocenters. The van der Waals surface area contributed by atoms with Crippen molar-refractivity contribution in [2.75, 3.05) is 89.7 Å². The zero-order valence-corrected chi connectivity index (χ0v) is 40.6. The van der Waals surface area contributed by atoms with Gasteiger partial charge in [-0.3, -0.25) is 67.5 Å². The van der Waals surface area contributed by atoms with Crippen LogP contribution < -0.4 is 10.6 Å². The van der Waals surface area contributed by atoms with E-state index in [-0.39, 0.29) is 143 Å². The number of benzene rings is 2. The summed E-state index contributed by atoms with van der Waals surface area (Å²) in [6, 6.07) is 14.5. The molecule has 2 N–H and O–H groups in total. The Morgan fingerprint density at radius 3 is 1.26 bits per heavy atom. The van der Waals surface area contributed by atoms with Gasteiger partial charge in [-0.25, -0.2) is 0 Å². The molecule has 0 saturated carbocycles. The van der Waals surface area contributed by atoms with E-state index in [0.29, 0.717) is 76.6 Å². The molecule has 2 aromatic rings. The van der Waals surface area contributed by atoms with Gasteiger partial charge >= 0.3 is 0 Å². The van der Waals surface area contributed by atoms with Crippen molar-refractivity contribution in [1.82, 2.24) is 19.6 Å². The maximum Gasteiger partial charge on any atom is 0.235 e. The fourth-order valence-electron chi connectivity index (χ4n) is 7.67. The quantitative estimate of drug-likeness (QED) is 0.0783. The average Bonchev–Trinajstić information content (AvgIpc) is 3.63. The van der Waals surface area contributed by atoms with Crippen LogP contribution >= 0.6 is 0 Å². The maximum atomic E-state index is 12.1. The van der Waals surface area contributed by atoms with Crippen molar-refractivity contribution in [2.45, 2.75) is 85.5 Å². The van der Waals surface area contributed by atoms with E-state index in [1.54, 1.807) is 52.0 Å². The molecule has 70 heavy (non-hydrogen) atoms. The molecule has 20 heteroatoms. The van der Waals surface area contributed by atoms with Gasteiger partial charge in [0.15, 0.2) is 0 Å². The summed E-state index contributed by atoms with van der Waals surface area (Å²) in [4.78, 5) is 124. The summed E-state index contributed by atoms with van der Waals surface area (Å²) in [5.74, 6) is -2.09. The SMILES string of the molecule is CC1(C)CC(=O)N(CCOCCOCCC(=O)Nc2ccc(CCC(=O)N3CCC3=O)cc2)C1=O.CC1C(=O)N(CCOCCOCCC(=O)Nc2ccc(CCC(=O)N3CCC3=O)cc2)C(=O)C1C. The van der Waals surface area contributed by atoms with Crippen LogP contribution in [0, 0.1) is 17.3 Å². The normalized spacial score (nSPS) is 18.4. The van der Waals surface area contributed by atoms with Gasteiger partial charge in [-0.2, -0.15) is 0 Å². The van der Waals surface area contributed by atoms with Crippen molar-refractivity contribution in [3.05, 3.63) is 59.7 Å². The van der Waals surface area contributed by atoms with Crippen LogP contribution in [0.1, 0.15) is 83.8 Å². The van der Waals surface area contributed by atoms with Crippen molar-refractivity contribution >= 4 is 70.4 Å². The molecule has 4 fully saturated rings. The number of imide groups is 4. The van der Waals surface area contributed by atoms with Crippen LogP contribution in [0.4, 0.5) is 11.4 Å². The molecule has 0 radical (unpaired) electrons. The number of carbonyl (C=O) groups is 10. The number of anilines is 2. The van der Waals surface area contributed by atoms with E-state index in [1.807, 2.05) is 24.3 Å². The summed E-state index contributed by atoms with van der Waals surface area (Å²) < 4.78 is 21.7. The molecule has 6 rings (SSSR count). The van der Waals surface area contributed by atoms with E-state index >= 15 is 0 Å². The average molecular weight is 975 g/mol. The lowest BCUT2D eigenvalue weighted by atomic mass is 9.92. The van der Waals surface area contributed by atoms with E-state index in [9.17, 15) is 47.9 Å². The second kappa shape index (κ2) is 26.7. The van der Waals surface area contributed by atoms with Crippen LogP contribution in [0.3, 0.4) is 0 Å². The number of β-lactam (4-membered cyclic amide) rings is 2. The fourth-order valence-corrected chi connectivity index (χ4v) is 7.67. The number of likely N-dealkylation sites (tertiary alicyclic amines) is 4. The lowest BCUT2D eigenvalue weighted by Gasteiger charge is -2.28. The molecule has 0 aliphatic carbocycles. The molecule has 380 valence electrons. The Hall–Kier alpha value is -6.22. The van der Waals surface area contributed by atoms with Gasteiger partial charge in [-0.15, -0.1) is 0 Å². The zero-order valence-electron chi connectivity index (χ0n) is 40.6. The molecule has 20 nitrogen and oxygen atoms in total. The molecule has 2 atom stereocenters. The third-order valence-electron chi connectivity index (χ3n) is 12.4. The number of aryl methyl sites for hydroxylation is 2. The van der Waals surface area contributed by atoms with Gasteiger partial charge in [0.2, 0.25) is 59.1 Å². The lowest BCUT2D eigenvalue weighted by Crippen LogP contribution is -2.47. The molecule has 4 saturated heterocycles. The Morgan fingerprint density at radius 1 is 0.529 bits per heavy atom. The largest absolute Gasteiger partial charge is 0.379 e. The molecular weight excluding hydrogens is 909 g/mol. The standard InChI is InChI=1S/2C25H33N3O7/c1-25(2)17-23(32)28(24(25)33)12-14-35-16-15-34-13-10-20(29)26-19-6-3-18(4-7-19)5-8-21(30)27-11-9-22(27)31;1-17-18(2)25(33)28(24(17)32)12-14-35-16-15-34-13-10-21(29)26-20-6-3-19(4-7-20)5-8-22(30)27-11-9-23(27)31/h3-4,6-7H,5,8-17H2,1-2H3,(H,26,29);3-4,6-7,17-18H,5,8-16H2,1-2H3,(H,26,29). The molecular formula is C50H66N6O14. The van der Waals surface area contributed by atoms with E-state index in [0.717, 1.165) is 11.1 Å². The first-order chi connectivity index (χ1) is 33.4. The van der Waals surface area contributed by atoms with Crippen molar-refractivity contribution in [3.63, 3.8) is 0 Å². The maximum absolute atomic E-state index is 12.1. The highest BCUT2D eigenvalue weighted by molar-refractivity contribution is 6.06. The highest BCUT2D eigenvalue weighted by Gasteiger charge is 2.44. The molecule has 0 spiro atoms. The Labute approximate surface area is 408 Å². The highest BCUT2D eigenvalue weighted by atomic mass is 16.5. The number of hydrogen-bond donors (Lipinski definition) is 2.